The van der Waals surface area contributed by atoms with Crippen LogP contribution in [-0.2, 0) is 26.2 Å². The minimum absolute atomic E-state index is 0. The minimum Gasteiger partial charge on any atom is -0.168 e. The van der Waals surface area contributed by atoms with Crippen LogP contribution in [0.2, 0.25) is 32.7 Å². The molecule has 3 aromatic rings. The van der Waals surface area contributed by atoms with Crippen LogP contribution in [0, 0.1) is 13.8 Å². The summed E-state index contributed by atoms with van der Waals surface area (Å²) < 4.78 is 0. The van der Waals surface area contributed by atoms with E-state index in [-0.39, 0.29) is 26.2 Å². The molecule has 1 aliphatic carbocycles. The topological polar surface area (TPSA) is 0 Å². The van der Waals surface area contributed by atoms with E-state index in [1.807, 2.05) is 0 Å². The van der Waals surface area contributed by atoms with Crippen LogP contribution in [0.4, 0.5) is 0 Å². The summed E-state index contributed by atoms with van der Waals surface area (Å²) in [5, 5.41) is 7.80. The number of hydrogen-bond donors (Lipinski definition) is 0. The first-order chi connectivity index (χ1) is 15.0. The first-order valence-corrected chi connectivity index (χ1v) is 18.6. The zero-order chi connectivity index (χ0) is 23.4. The third kappa shape index (κ3) is 4.46. The van der Waals surface area contributed by atoms with E-state index in [4.69, 9.17) is 0 Å². The molecule has 0 saturated heterocycles. The largest absolute Gasteiger partial charge is 0.168 e. The fourth-order valence-electron chi connectivity index (χ4n) is 6.41. The van der Waals surface area contributed by atoms with Gasteiger partial charge in [-0.15, -0.1) is 29.0 Å². The third-order valence-electron chi connectivity index (χ3n) is 7.52. The molecule has 0 amide bonds. The van der Waals surface area contributed by atoms with E-state index < -0.39 is 16.1 Å². The molecule has 0 nitrogen and oxygen atoms in total. The van der Waals surface area contributed by atoms with Crippen molar-refractivity contribution in [1.29, 1.82) is 0 Å². The second-order valence-electron chi connectivity index (χ2n) is 11.5. The third-order valence-corrected chi connectivity index (χ3v) is 13.6. The van der Waals surface area contributed by atoms with Crippen LogP contribution in [-0.4, -0.2) is 16.1 Å². The summed E-state index contributed by atoms with van der Waals surface area (Å²) in [6.45, 7) is 22.4. The van der Waals surface area contributed by atoms with Crippen LogP contribution in [0.25, 0.3) is 21.9 Å². The molecule has 33 heavy (non-hydrogen) atoms. The maximum Gasteiger partial charge on any atom is 0.109 e. The molecule has 0 fully saturated rings. The zero-order valence-electron chi connectivity index (χ0n) is 22.0. The van der Waals surface area contributed by atoms with Crippen molar-refractivity contribution in [3.63, 3.8) is 0 Å². The quantitative estimate of drug-likeness (QED) is 0.226. The van der Waals surface area contributed by atoms with Gasteiger partial charge in [0, 0.05) is 26.2 Å². The van der Waals surface area contributed by atoms with E-state index in [1.54, 1.807) is 37.8 Å². The zero-order valence-corrected chi connectivity index (χ0v) is 26.4. The summed E-state index contributed by atoms with van der Waals surface area (Å²) in [5.41, 5.74) is 7.73. The SMILES string of the molecule is Cc1c(C(C)C)c(-c2cccc3[cH-]ccc23)c([Si](C)(C)C2=CC=CC2)c(C)c1[Si](C)(C)C.[Zr]. The van der Waals surface area contributed by atoms with Crippen molar-refractivity contribution in [2.45, 2.75) is 72.8 Å². The van der Waals surface area contributed by atoms with Gasteiger partial charge in [-0.25, -0.2) is 0 Å². The number of rotatable bonds is 5. The van der Waals surface area contributed by atoms with Crippen molar-refractivity contribution >= 4 is 37.3 Å². The van der Waals surface area contributed by atoms with Gasteiger partial charge >= 0.3 is 0 Å². The number of fused-ring (bicyclic) bond motifs is 1. The van der Waals surface area contributed by atoms with Crippen LogP contribution in [0.15, 0.2) is 59.8 Å². The van der Waals surface area contributed by atoms with Crippen LogP contribution in [0.3, 0.4) is 0 Å². The summed E-state index contributed by atoms with van der Waals surface area (Å²) in [7, 11) is -3.40. The summed E-state index contributed by atoms with van der Waals surface area (Å²) in [6.07, 6.45) is 8.15. The molecule has 0 unspecified atom stereocenters. The molecule has 0 aliphatic heterocycles. The van der Waals surface area contributed by atoms with Crippen molar-refractivity contribution in [1.82, 2.24) is 0 Å². The van der Waals surface area contributed by atoms with Gasteiger partial charge in [-0.2, -0.15) is 12.1 Å². The van der Waals surface area contributed by atoms with E-state index in [9.17, 15) is 0 Å². The summed E-state index contributed by atoms with van der Waals surface area (Å²) in [4.78, 5) is 0. The van der Waals surface area contributed by atoms with Crippen LogP contribution in [0.5, 0.6) is 0 Å². The van der Waals surface area contributed by atoms with Gasteiger partial charge < -0.3 is 0 Å². The van der Waals surface area contributed by atoms with Crippen LogP contribution < -0.4 is 10.4 Å². The average molecular weight is 547 g/mol. The molecule has 0 aromatic heterocycles. The Bertz CT molecular complexity index is 1250. The van der Waals surface area contributed by atoms with Gasteiger partial charge in [0.15, 0.2) is 0 Å². The molecule has 3 aromatic carbocycles. The van der Waals surface area contributed by atoms with Crippen LogP contribution >= 0.6 is 0 Å². The summed E-state index contributed by atoms with van der Waals surface area (Å²) in [5.74, 6) is 0.491. The van der Waals surface area contributed by atoms with E-state index in [0.29, 0.717) is 5.92 Å². The Hall–Kier alpha value is -1.15. The molecule has 0 saturated carbocycles. The Morgan fingerprint density at radius 3 is 2.18 bits per heavy atom. The molecule has 172 valence electrons. The van der Waals surface area contributed by atoms with Gasteiger partial charge in [0.25, 0.3) is 0 Å². The van der Waals surface area contributed by atoms with Crippen LogP contribution in [0.1, 0.15) is 42.9 Å². The smallest absolute Gasteiger partial charge is 0.109 e. The van der Waals surface area contributed by atoms with Crippen molar-refractivity contribution in [3.05, 3.63) is 76.5 Å². The first kappa shape index (κ1) is 26.5. The van der Waals surface area contributed by atoms with Crippen molar-refractivity contribution in [2.75, 3.05) is 0 Å². The standard InChI is InChI=1S/C30H39Si2.Zr/c1-20(2)27-21(3)29(31(5,6)7)22(4)30(32(8,9)24-16-10-11-17-24)28(27)26-19-13-15-23-14-12-18-25(23)26;/h10-16,18-20H,17H2,1-9H3;/q-1;. The number of allylic oxidation sites excluding steroid dienone is 4. The monoisotopic (exact) mass is 545 g/mol. The van der Waals surface area contributed by atoms with E-state index in [0.717, 1.165) is 6.42 Å². The number of benzene rings is 2. The molecule has 0 N–H and O–H groups in total. The molecule has 0 atom stereocenters. The van der Waals surface area contributed by atoms with Gasteiger partial charge in [0.1, 0.15) is 8.07 Å². The molecule has 0 radical (unpaired) electrons. The maximum absolute atomic E-state index is 2.59. The van der Waals surface area contributed by atoms with Gasteiger partial charge in [-0.1, -0.05) is 92.4 Å². The van der Waals surface area contributed by atoms with Crippen molar-refractivity contribution in [2.24, 2.45) is 0 Å². The van der Waals surface area contributed by atoms with Crippen molar-refractivity contribution in [3.8, 4) is 11.1 Å². The summed E-state index contributed by atoms with van der Waals surface area (Å²) >= 11 is 0. The maximum atomic E-state index is 2.59. The predicted molar refractivity (Wildman–Crippen MR) is 150 cm³/mol. The fraction of sp³-hybridized carbons (Fsp3) is 0.367. The van der Waals surface area contributed by atoms with E-state index in [2.05, 4.69) is 115 Å². The summed E-state index contributed by atoms with van der Waals surface area (Å²) in [6, 6.07) is 13.7. The Labute approximate surface area is 222 Å². The second kappa shape index (κ2) is 9.48. The fourth-order valence-corrected chi connectivity index (χ4v) is 12.5. The Kier molecular flexibility index (Phi) is 7.60. The molecule has 0 bridgehead atoms. The molecule has 3 heteroatoms. The van der Waals surface area contributed by atoms with Gasteiger partial charge in [-0.3, -0.25) is 0 Å². The predicted octanol–water partition coefficient (Wildman–Crippen LogP) is 7.85. The van der Waals surface area contributed by atoms with E-state index >= 15 is 0 Å². The van der Waals surface area contributed by atoms with Gasteiger partial charge in [0.2, 0.25) is 0 Å². The average Bonchev–Trinajstić information content (AvgIpc) is 3.37. The van der Waals surface area contributed by atoms with E-state index in [1.165, 1.54) is 16.3 Å². The van der Waals surface area contributed by atoms with Crippen molar-refractivity contribution < 1.29 is 26.2 Å². The molecular weight excluding hydrogens is 508 g/mol. The molecule has 0 spiro atoms. The molecule has 0 heterocycles. The Balaban J connectivity index is 0.00000306. The molecule has 1 aliphatic rings. The number of hydrogen-bond acceptors (Lipinski definition) is 0. The molecular formula is C30H39Si2Zr-. The van der Waals surface area contributed by atoms with Gasteiger partial charge in [0.05, 0.1) is 8.07 Å². The first-order valence-electron chi connectivity index (χ1n) is 12.1. The van der Waals surface area contributed by atoms with Gasteiger partial charge in [-0.05, 0) is 48.1 Å². The Morgan fingerprint density at radius 2 is 1.61 bits per heavy atom. The normalized spacial score (nSPS) is 14.2. The Morgan fingerprint density at radius 1 is 0.909 bits per heavy atom. The second-order valence-corrected chi connectivity index (χ2v) is 20.9. The molecule has 4 rings (SSSR count). The minimum atomic E-state index is -1.87.